The Hall–Kier alpha value is -1.85. The molecule has 122 valence electrons. The summed E-state index contributed by atoms with van der Waals surface area (Å²) in [6, 6.07) is 6.15. The van der Waals surface area contributed by atoms with Gasteiger partial charge in [0.25, 0.3) is 0 Å². The van der Waals surface area contributed by atoms with E-state index >= 15 is 0 Å². The van der Waals surface area contributed by atoms with Crippen molar-refractivity contribution in [3.8, 4) is 5.75 Å². The minimum Gasteiger partial charge on any atom is -0.435 e. The fourth-order valence-corrected chi connectivity index (χ4v) is 2.54. The smallest absolute Gasteiger partial charge is 0.387 e. The fourth-order valence-electron chi connectivity index (χ4n) is 2.54. The van der Waals surface area contributed by atoms with Crippen molar-refractivity contribution in [1.29, 1.82) is 0 Å². The van der Waals surface area contributed by atoms with Gasteiger partial charge in [0.15, 0.2) is 0 Å². The van der Waals surface area contributed by atoms with Crippen molar-refractivity contribution >= 4 is 11.6 Å². The summed E-state index contributed by atoms with van der Waals surface area (Å²) < 4.78 is 28.4. The second kappa shape index (κ2) is 8.56. The summed E-state index contributed by atoms with van der Waals surface area (Å²) in [6.07, 6.45) is 5.75. The molecule has 0 radical (unpaired) electrons. The second-order valence-electron chi connectivity index (χ2n) is 5.40. The lowest BCUT2D eigenvalue weighted by atomic mass is 10.1. The molecule has 1 heterocycles. The summed E-state index contributed by atoms with van der Waals surface area (Å²) in [5.74, 6) is 0.186. The first-order chi connectivity index (χ1) is 10.6. The van der Waals surface area contributed by atoms with Gasteiger partial charge in [-0.05, 0) is 37.1 Å². The Labute approximate surface area is 129 Å². The molecule has 2 rings (SSSR count). The van der Waals surface area contributed by atoms with Gasteiger partial charge in [-0.1, -0.05) is 19.3 Å². The van der Waals surface area contributed by atoms with Gasteiger partial charge in [-0.15, -0.1) is 0 Å². The SMILES string of the molecule is O=C(CNc1ccc(OC(F)F)cc1)N1CCCCCCC1. The minimum atomic E-state index is -2.83. The molecule has 0 aromatic heterocycles. The molecule has 0 unspecified atom stereocenters. The van der Waals surface area contributed by atoms with E-state index in [1.165, 1.54) is 31.4 Å². The van der Waals surface area contributed by atoms with E-state index in [-0.39, 0.29) is 18.2 Å². The number of rotatable bonds is 5. The maximum atomic E-state index is 12.2. The van der Waals surface area contributed by atoms with Crippen LogP contribution in [0.4, 0.5) is 14.5 Å². The number of halogens is 2. The van der Waals surface area contributed by atoms with Crippen molar-refractivity contribution in [2.75, 3.05) is 25.0 Å². The zero-order chi connectivity index (χ0) is 15.8. The molecule has 0 saturated carbocycles. The van der Waals surface area contributed by atoms with Gasteiger partial charge in [0, 0.05) is 18.8 Å². The molecule has 1 aliphatic rings. The first-order valence-electron chi connectivity index (χ1n) is 7.71. The van der Waals surface area contributed by atoms with Gasteiger partial charge in [0.05, 0.1) is 6.54 Å². The first kappa shape index (κ1) is 16.5. The van der Waals surface area contributed by atoms with E-state index in [9.17, 15) is 13.6 Å². The fraction of sp³-hybridized carbons (Fsp3) is 0.562. The number of hydrogen-bond donors (Lipinski definition) is 1. The van der Waals surface area contributed by atoms with Crippen molar-refractivity contribution in [2.45, 2.75) is 38.7 Å². The summed E-state index contributed by atoms with van der Waals surface area (Å²) >= 11 is 0. The number of carbonyl (C=O) groups excluding carboxylic acids is 1. The highest BCUT2D eigenvalue weighted by atomic mass is 19.3. The zero-order valence-corrected chi connectivity index (χ0v) is 12.6. The van der Waals surface area contributed by atoms with Crippen LogP contribution >= 0.6 is 0 Å². The Kier molecular flexibility index (Phi) is 6.43. The van der Waals surface area contributed by atoms with Crippen molar-refractivity contribution in [2.24, 2.45) is 0 Å². The Morgan fingerprint density at radius 3 is 2.27 bits per heavy atom. The van der Waals surface area contributed by atoms with E-state index in [1.54, 1.807) is 12.1 Å². The summed E-state index contributed by atoms with van der Waals surface area (Å²) in [4.78, 5) is 14.1. The monoisotopic (exact) mass is 312 g/mol. The van der Waals surface area contributed by atoms with Gasteiger partial charge in [0.1, 0.15) is 5.75 Å². The number of nitrogens with zero attached hydrogens (tertiary/aromatic N) is 1. The molecule has 6 heteroatoms. The average molecular weight is 312 g/mol. The highest BCUT2D eigenvalue weighted by Gasteiger charge is 2.14. The van der Waals surface area contributed by atoms with Crippen molar-refractivity contribution in [3.63, 3.8) is 0 Å². The van der Waals surface area contributed by atoms with Gasteiger partial charge in [-0.3, -0.25) is 4.79 Å². The molecule has 1 saturated heterocycles. The normalized spacial score (nSPS) is 16.0. The number of hydrogen-bond acceptors (Lipinski definition) is 3. The van der Waals surface area contributed by atoms with E-state index in [0.29, 0.717) is 5.69 Å². The Morgan fingerprint density at radius 1 is 1.09 bits per heavy atom. The molecule has 1 aromatic rings. The number of alkyl halides is 2. The number of benzene rings is 1. The molecule has 0 aliphatic carbocycles. The lowest BCUT2D eigenvalue weighted by molar-refractivity contribution is -0.129. The summed E-state index contributed by atoms with van der Waals surface area (Å²) in [6.45, 7) is -0.967. The zero-order valence-electron chi connectivity index (χ0n) is 12.6. The van der Waals surface area contributed by atoms with Gasteiger partial charge < -0.3 is 15.0 Å². The lowest BCUT2D eigenvalue weighted by Crippen LogP contribution is -2.37. The predicted molar refractivity (Wildman–Crippen MR) is 81.2 cm³/mol. The van der Waals surface area contributed by atoms with Crippen LogP contribution in [0.1, 0.15) is 32.1 Å². The molecular formula is C16H22F2N2O2. The maximum absolute atomic E-state index is 12.2. The topological polar surface area (TPSA) is 41.6 Å². The van der Waals surface area contributed by atoms with Gasteiger partial charge in [-0.25, -0.2) is 0 Å². The Morgan fingerprint density at radius 2 is 1.68 bits per heavy atom. The van der Waals surface area contributed by atoms with Gasteiger partial charge >= 0.3 is 6.61 Å². The van der Waals surface area contributed by atoms with E-state index in [2.05, 4.69) is 10.1 Å². The van der Waals surface area contributed by atoms with E-state index in [0.717, 1.165) is 25.9 Å². The summed E-state index contributed by atoms with van der Waals surface area (Å²) in [5.41, 5.74) is 0.710. The third-order valence-electron chi connectivity index (χ3n) is 3.73. The number of ether oxygens (including phenoxy) is 1. The largest absolute Gasteiger partial charge is 0.435 e. The minimum absolute atomic E-state index is 0.0785. The molecular weight excluding hydrogens is 290 g/mol. The van der Waals surface area contributed by atoms with Crippen LogP contribution in [0.15, 0.2) is 24.3 Å². The highest BCUT2D eigenvalue weighted by molar-refractivity contribution is 5.80. The van der Waals surface area contributed by atoms with Crippen molar-refractivity contribution in [1.82, 2.24) is 4.90 Å². The highest BCUT2D eigenvalue weighted by Crippen LogP contribution is 2.17. The number of amides is 1. The number of anilines is 1. The standard InChI is InChI=1S/C16H22F2N2O2/c17-16(18)22-14-8-6-13(7-9-14)19-12-15(21)20-10-4-2-1-3-5-11-20/h6-9,16,19H,1-5,10-12H2. The van der Waals surface area contributed by atoms with Crippen LogP contribution in [0.25, 0.3) is 0 Å². The number of carbonyl (C=O) groups is 1. The van der Waals surface area contributed by atoms with Crippen LogP contribution in [0.3, 0.4) is 0 Å². The van der Waals surface area contributed by atoms with Crippen LogP contribution in [0.2, 0.25) is 0 Å². The second-order valence-corrected chi connectivity index (χ2v) is 5.40. The number of likely N-dealkylation sites (tertiary alicyclic amines) is 1. The molecule has 1 amide bonds. The van der Waals surface area contributed by atoms with Crippen molar-refractivity contribution < 1.29 is 18.3 Å². The average Bonchev–Trinajstić information content (AvgIpc) is 2.45. The molecule has 0 bridgehead atoms. The molecule has 0 spiro atoms. The van der Waals surface area contributed by atoms with E-state index < -0.39 is 6.61 Å². The van der Waals surface area contributed by atoms with Gasteiger partial charge in [-0.2, -0.15) is 8.78 Å². The van der Waals surface area contributed by atoms with Crippen LogP contribution in [-0.2, 0) is 4.79 Å². The van der Waals surface area contributed by atoms with Crippen LogP contribution in [-0.4, -0.2) is 37.1 Å². The van der Waals surface area contributed by atoms with Crippen LogP contribution in [0, 0.1) is 0 Å². The maximum Gasteiger partial charge on any atom is 0.387 e. The molecule has 1 aromatic carbocycles. The first-order valence-corrected chi connectivity index (χ1v) is 7.71. The molecule has 1 N–H and O–H groups in total. The van der Waals surface area contributed by atoms with Crippen LogP contribution < -0.4 is 10.1 Å². The lowest BCUT2D eigenvalue weighted by Gasteiger charge is -2.25. The molecule has 4 nitrogen and oxygen atoms in total. The molecule has 1 aliphatic heterocycles. The van der Waals surface area contributed by atoms with Crippen molar-refractivity contribution in [3.05, 3.63) is 24.3 Å². The predicted octanol–water partition coefficient (Wildman–Crippen LogP) is 3.49. The summed E-state index contributed by atoms with van der Waals surface area (Å²) in [7, 11) is 0. The third-order valence-corrected chi connectivity index (χ3v) is 3.73. The van der Waals surface area contributed by atoms with E-state index in [1.807, 2.05) is 4.90 Å². The Balaban J connectivity index is 1.79. The Bertz CT molecular complexity index is 458. The molecule has 1 fully saturated rings. The quantitative estimate of drug-likeness (QED) is 0.905. The van der Waals surface area contributed by atoms with Crippen LogP contribution in [0.5, 0.6) is 5.75 Å². The molecule has 0 atom stereocenters. The third kappa shape index (κ3) is 5.50. The van der Waals surface area contributed by atoms with Gasteiger partial charge in [0.2, 0.25) is 5.91 Å². The number of nitrogens with one attached hydrogen (secondary N) is 1. The summed E-state index contributed by atoms with van der Waals surface area (Å²) in [5, 5.41) is 3.02. The molecule has 22 heavy (non-hydrogen) atoms. The van der Waals surface area contributed by atoms with E-state index in [4.69, 9.17) is 0 Å².